The van der Waals surface area contributed by atoms with Crippen molar-refractivity contribution in [3.05, 3.63) is 77.1 Å². The monoisotopic (exact) mass is 495 g/mol. The zero-order valence-electron chi connectivity index (χ0n) is 19.8. The Morgan fingerprint density at radius 3 is 2.77 bits per heavy atom. The van der Waals surface area contributed by atoms with Gasteiger partial charge in [0.15, 0.2) is 6.61 Å². The molecule has 1 aliphatic heterocycles. The summed E-state index contributed by atoms with van der Waals surface area (Å²) < 4.78 is 7.59. The van der Waals surface area contributed by atoms with E-state index in [4.69, 9.17) is 21.3 Å². The molecule has 1 saturated heterocycles. The van der Waals surface area contributed by atoms with E-state index in [0.29, 0.717) is 36.0 Å². The van der Waals surface area contributed by atoms with Gasteiger partial charge in [-0.3, -0.25) is 14.6 Å². The molecule has 1 N–H and O–H groups in total. The molecule has 9 heteroatoms. The first-order valence-corrected chi connectivity index (χ1v) is 12.2. The van der Waals surface area contributed by atoms with Crippen molar-refractivity contribution in [2.45, 2.75) is 38.6 Å². The molecule has 2 amide bonds. The molecule has 0 atom stereocenters. The second kappa shape index (κ2) is 11.8. The van der Waals surface area contributed by atoms with Gasteiger partial charge in [-0.25, -0.2) is 4.98 Å². The number of rotatable bonds is 9. The molecule has 1 fully saturated rings. The molecule has 3 aromatic rings. The number of amides is 2. The molecule has 0 unspecified atom stereocenters. The van der Waals surface area contributed by atoms with Crippen LogP contribution in [0.1, 0.15) is 46.9 Å². The van der Waals surface area contributed by atoms with Crippen LogP contribution < -0.4 is 10.1 Å². The lowest BCUT2D eigenvalue weighted by Gasteiger charge is -2.32. The Labute approximate surface area is 210 Å². The van der Waals surface area contributed by atoms with Crippen LogP contribution in [0, 0.1) is 6.92 Å². The first-order chi connectivity index (χ1) is 17.0. The summed E-state index contributed by atoms with van der Waals surface area (Å²) in [6, 6.07) is 10.7. The Hall–Kier alpha value is -3.39. The molecule has 0 radical (unpaired) electrons. The molecule has 0 spiro atoms. The van der Waals surface area contributed by atoms with Crippen LogP contribution in [0.25, 0.3) is 0 Å². The van der Waals surface area contributed by atoms with Crippen LogP contribution in [-0.4, -0.2) is 57.5 Å². The third kappa shape index (κ3) is 6.82. The van der Waals surface area contributed by atoms with Gasteiger partial charge in [-0.05, 0) is 56.5 Å². The van der Waals surface area contributed by atoms with Crippen LogP contribution >= 0.6 is 11.6 Å². The number of carbonyl (C=O) groups excluding carboxylic acids is 2. The summed E-state index contributed by atoms with van der Waals surface area (Å²) in [5.74, 6) is 0.535. The highest BCUT2D eigenvalue weighted by Crippen LogP contribution is 2.29. The fraction of sp³-hybridized carbons (Fsp3) is 0.385. The minimum atomic E-state index is -0.105. The molecule has 0 aliphatic carbocycles. The van der Waals surface area contributed by atoms with Crippen molar-refractivity contribution in [1.29, 1.82) is 0 Å². The van der Waals surface area contributed by atoms with E-state index < -0.39 is 0 Å². The van der Waals surface area contributed by atoms with Gasteiger partial charge < -0.3 is 19.5 Å². The number of aryl methyl sites for hydroxylation is 2. The third-order valence-corrected chi connectivity index (χ3v) is 6.37. The van der Waals surface area contributed by atoms with Gasteiger partial charge in [0.1, 0.15) is 5.75 Å². The Bertz CT molecular complexity index is 1140. The number of aromatic nitrogens is 3. The molecule has 1 aliphatic rings. The minimum absolute atomic E-state index is 0.0273. The molecule has 2 aromatic heterocycles. The lowest BCUT2D eigenvalue weighted by molar-refractivity contribution is -0.134. The fourth-order valence-electron chi connectivity index (χ4n) is 4.25. The number of nitrogens with zero attached hydrogens (tertiary/aromatic N) is 4. The Morgan fingerprint density at radius 1 is 1.20 bits per heavy atom. The smallest absolute Gasteiger partial charge is 0.260 e. The lowest BCUT2D eigenvalue weighted by atomic mass is 9.89. The maximum Gasteiger partial charge on any atom is 0.260 e. The summed E-state index contributed by atoms with van der Waals surface area (Å²) >= 11 is 5.97. The molecule has 184 valence electrons. The Morgan fingerprint density at radius 2 is 2.03 bits per heavy atom. The second-order valence-corrected chi connectivity index (χ2v) is 9.13. The van der Waals surface area contributed by atoms with Crippen molar-refractivity contribution in [1.82, 2.24) is 24.8 Å². The van der Waals surface area contributed by atoms with Crippen molar-refractivity contribution in [3.63, 3.8) is 0 Å². The van der Waals surface area contributed by atoms with Crippen molar-refractivity contribution >= 4 is 23.4 Å². The topological polar surface area (TPSA) is 89.4 Å². The van der Waals surface area contributed by atoms with Crippen LogP contribution in [0.2, 0.25) is 5.02 Å². The molecular weight excluding hydrogens is 466 g/mol. The van der Waals surface area contributed by atoms with Gasteiger partial charge in [0.25, 0.3) is 11.8 Å². The van der Waals surface area contributed by atoms with Crippen molar-refractivity contribution in [2.24, 2.45) is 0 Å². The molecule has 1 aromatic carbocycles. The van der Waals surface area contributed by atoms with Gasteiger partial charge in [0.05, 0.1) is 17.6 Å². The molecule has 8 nitrogen and oxygen atoms in total. The quantitative estimate of drug-likeness (QED) is 0.455. The molecule has 4 rings (SSSR count). The largest absolute Gasteiger partial charge is 0.484 e. The lowest BCUT2D eigenvalue weighted by Crippen LogP contribution is -2.41. The minimum Gasteiger partial charge on any atom is -0.484 e. The number of hydrogen-bond acceptors (Lipinski definition) is 5. The highest BCUT2D eigenvalue weighted by Gasteiger charge is 2.28. The third-order valence-electron chi connectivity index (χ3n) is 6.14. The predicted octanol–water partition coefficient (Wildman–Crippen LogP) is 3.85. The average Bonchev–Trinajstić information content (AvgIpc) is 3.39. The molecular formula is C26H30ClN5O3. The maximum atomic E-state index is 12.9. The highest BCUT2D eigenvalue weighted by molar-refractivity contribution is 6.30. The van der Waals surface area contributed by atoms with Gasteiger partial charge in [-0.15, -0.1) is 0 Å². The van der Waals surface area contributed by atoms with Crippen molar-refractivity contribution in [3.8, 4) is 5.75 Å². The summed E-state index contributed by atoms with van der Waals surface area (Å²) in [5, 5.41) is 3.59. The number of hydrogen-bond donors (Lipinski definition) is 1. The van der Waals surface area contributed by atoms with Crippen LogP contribution in [0.4, 0.5) is 0 Å². The van der Waals surface area contributed by atoms with E-state index in [1.165, 1.54) is 0 Å². The average molecular weight is 496 g/mol. The van der Waals surface area contributed by atoms with Gasteiger partial charge >= 0.3 is 0 Å². The van der Waals surface area contributed by atoms with Crippen LogP contribution in [0.5, 0.6) is 5.75 Å². The SMILES string of the molecule is Cc1ccc(C(=O)NCCCn2ccnc2)c(C2CCN(C(=O)COc3cccc(Cl)c3)CC2)n1. The number of likely N-dealkylation sites (tertiary alicyclic amines) is 1. The number of piperidine rings is 1. The van der Waals surface area contributed by atoms with E-state index in [1.54, 1.807) is 36.8 Å². The number of benzene rings is 1. The number of pyridine rings is 1. The predicted molar refractivity (Wildman–Crippen MR) is 134 cm³/mol. The highest BCUT2D eigenvalue weighted by atomic mass is 35.5. The van der Waals surface area contributed by atoms with E-state index in [1.807, 2.05) is 34.7 Å². The number of halogens is 1. The second-order valence-electron chi connectivity index (χ2n) is 8.70. The summed E-state index contributed by atoms with van der Waals surface area (Å²) in [6.45, 7) is 4.48. The standard InChI is InChI=1S/C26H30ClN5O3/c1-19-6-7-23(26(34)29-10-3-12-31-15-11-28-18-31)25(30-19)20-8-13-32(14-9-20)24(33)17-35-22-5-2-4-21(27)16-22/h2,4-7,11,15-16,18,20H,3,8-10,12-14,17H2,1H3,(H,29,34). The van der Waals surface area contributed by atoms with Gasteiger partial charge in [-0.2, -0.15) is 0 Å². The van der Waals surface area contributed by atoms with E-state index >= 15 is 0 Å². The van der Waals surface area contributed by atoms with E-state index in [2.05, 4.69) is 10.3 Å². The zero-order chi connectivity index (χ0) is 24.6. The number of carbonyl (C=O) groups is 2. The summed E-state index contributed by atoms with van der Waals surface area (Å²) in [7, 11) is 0. The number of imidazole rings is 1. The Balaban J connectivity index is 1.30. The molecule has 0 bridgehead atoms. The molecule has 35 heavy (non-hydrogen) atoms. The first kappa shape index (κ1) is 24.7. The molecule has 3 heterocycles. The van der Waals surface area contributed by atoms with E-state index in [-0.39, 0.29) is 24.3 Å². The fourth-order valence-corrected chi connectivity index (χ4v) is 4.43. The van der Waals surface area contributed by atoms with Crippen molar-refractivity contribution in [2.75, 3.05) is 26.2 Å². The van der Waals surface area contributed by atoms with Gasteiger partial charge in [0, 0.05) is 55.2 Å². The first-order valence-electron chi connectivity index (χ1n) is 11.9. The number of ether oxygens (including phenoxy) is 1. The van der Waals surface area contributed by atoms with Gasteiger partial charge in [0.2, 0.25) is 0 Å². The summed E-state index contributed by atoms with van der Waals surface area (Å²) in [4.78, 5) is 36.1. The number of nitrogens with one attached hydrogen (secondary N) is 1. The van der Waals surface area contributed by atoms with Crippen LogP contribution in [0.15, 0.2) is 55.1 Å². The van der Waals surface area contributed by atoms with Crippen LogP contribution in [-0.2, 0) is 11.3 Å². The van der Waals surface area contributed by atoms with E-state index in [0.717, 1.165) is 37.2 Å². The van der Waals surface area contributed by atoms with Crippen molar-refractivity contribution < 1.29 is 14.3 Å². The maximum absolute atomic E-state index is 12.9. The van der Waals surface area contributed by atoms with Crippen LogP contribution in [0.3, 0.4) is 0 Å². The summed E-state index contributed by atoms with van der Waals surface area (Å²) in [6.07, 6.45) is 7.73. The Kier molecular flexibility index (Phi) is 8.36. The summed E-state index contributed by atoms with van der Waals surface area (Å²) in [5.41, 5.74) is 2.32. The van der Waals surface area contributed by atoms with E-state index in [9.17, 15) is 9.59 Å². The molecule has 0 saturated carbocycles. The van der Waals surface area contributed by atoms with Gasteiger partial charge in [-0.1, -0.05) is 17.7 Å². The zero-order valence-corrected chi connectivity index (χ0v) is 20.6. The normalized spacial score (nSPS) is 14.1.